The molecule has 2 aromatic heterocycles. The van der Waals surface area contributed by atoms with E-state index in [9.17, 15) is 18.0 Å². The summed E-state index contributed by atoms with van der Waals surface area (Å²) >= 11 is 1.55. The molecule has 0 aliphatic carbocycles. The molecule has 0 fully saturated rings. The number of H-pyrrole nitrogens is 1. The first kappa shape index (κ1) is 27.3. The van der Waals surface area contributed by atoms with Crippen molar-refractivity contribution >= 4 is 22.8 Å². The lowest BCUT2D eigenvalue weighted by Gasteiger charge is -2.16. The monoisotopic (exact) mass is 573 g/mol. The molecule has 0 saturated carbocycles. The number of hydrogen-bond donors (Lipinski definition) is 1. The Hall–Kier alpha value is -4.26. The molecule has 3 aromatic carbocycles. The summed E-state index contributed by atoms with van der Waals surface area (Å²) in [5, 5.41) is 6.28. The van der Waals surface area contributed by atoms with Crippen molar-refractivity contribution < 1.29 is 27.0 Å². The highest BCUT2D eigenvalue weighted by Gasteiger charge is 2.33. The van der Waals surface area contributed by atoms with Crippen LogP contribution >= 0.6 is 11.8 Å². The van der Waals surface area contributed by atoms with Gasteiger partial charge in [-0.1, -0.05) is 12.1 Å². The van der Waals surface area contributed by atoms with Gasteiger partial charge in [-0.2, -0.15) is 18.3 Å². The molecule has 0 saturated heterocycles. The van der Waals surface area contributed by atoms with E-state index in [1.54, 1.807) is 11.8 Å². The molecule has 208 valence electrons. The van der Waals surface area contributed by atoms with Crippen LogP contribution in [0.1, 0.15) is 17.0 Å². The number of imidazole rings is 1. The molecular formula is C27H23F4N5O3S. The van der Waals surface area contributed by atoms with Crippen LogP contribution in [0.3, 0.4) is 0 Å². The Labute approximate surface area is 229 Å². The maximum atomic E-state index is 15.3. The number of aromatic nitrogens is 5. The van der Waals surface area contributed by atoms with Crippen molar-refractivity contribution in [1.29, 1.82) is 0 Å². The van der Waals surface area contributed by atoms with Crippen molar-refractivity contribution in [3.05, 3.63) is 88.1 Å². The van der Waals surface area contributed by atoms with E-state index in [4.69, 9.17) is 9.47 Å². The molecule has 0 amide bonds. The lowest BCUT2D eigenvalue weighted by atomic mass is 9.99. The van der Waals surface area contributed by atoms with Crippen LogP contribution in [0, 0.1) is 5.82 Å². The number of ether oxygens (including phenoxy) is 2. The second kappa shape index (κ2) is 10.7. The Morgan fingerprint density at radius 1 is 1.10 bits per heavy atom. The third kappa shape index (κ3) is 5.16. The maximum Gasteiger partial charge on any atom is 0.416 e. The number of rotatable bonds is 8. The minimum atomic E-state index is -4.72. The fourth-order valence-corrected chi connectivity index (χ4v) is 4.87. The van der Waals surface area contributed by atoms with Crippen molar-refractivity contribution in [2.75, 3.05) is 13.4 Å². The normalized spacial score (nSPS) is 11.8. The predicted molar refractivity (Wildman–Crippen MR) is 142 cm³/mol. The molecule has 13 heteroatoms. The van der Waals surface area contributed by atoms with E-state index in [0.717, 1.165) is 28.7 Å². The van der Waals surface area contributed by atoms with Gasteiger partial charge in [0.05, 0.1) is 30.3 Å². The van der Waals surface area contributed by atoms with Crippen molar-refractivity contribution in [1.82, 2.24) is 24.3 Å². The van der Waals surface area contributed by atoms with Crippen LogP contribution in [0.25, 0.3) is 22.2 Å². The van der Waals surface area contributed by atoms with Gasteiger partial charge in [-0.05, 0) is 53.8 Å². The molecule has 8 nitrogen and oxygen atoms in total. The van der Waals surface area contributed by atoms with Gasteiger partial charge in [0.15, 0.2) is 23.1 Å². The Morgan fingerprint density at radius 3 is 2.48 bits per heavy atom. The van der Waals surface area contributed by atoms with E-state index in [1.807, 2.05) is 30.5 Å². The first-order valence-electron chi connectivity index (χ1n) is 11.9. The van der Waals surface area contributed by atoms with Gasteiger partial charge in [-0.15, -0.1) is 11.8 Å². The molecule has 0 spiro atoms. The number of fused-ring (bicyclic) bond motifs is 1. The summed E-state index contributed by atoms with van der Waals surface area (Å²) in [5.74, 6) is -0.813. The summed E-state index contributed by atoms with van der Waals surface area (Å²) < 4.78 is 70.9. The summed E-state index contributed by atoms with van der Waals surface area (Å²) in [7, 11) is 2.76. The first-order valence-corrected chi connectivity index (χ1v) is 13.1. The Kier molecular flexibility index (Phi) is 7.32. The summed E-state index contributed by atoms with van der Waals surface area (Å²) in [5.41, 5.74) is -0.366. The minimum absolute atomic E-state index is 0.0138. The first-order chi connectivity index (χ1) is 19.1. The van der Waals surface area contributed by atoms with Crippen LogP contribution in [0.5, 0.6) is 11.5 Å². The third-order valence-electron chi connectivity index (χ3n) is 6.42. The molecule has 0 radical (unpaired) electrons. The lowest BCUT2D eigenvalue weighted by molar-refractivity contribution is -0.137. The van der Waals surface area contributed by atoms with E-state index in [-0.39, 0.29) is 46.8 Å². The Morgan fingerprint density at radius 2 is 1.85 bits per heavy atom. The largest absolute Gasteiger partial charge is 0.493 e. The van der Waals surface area contributed by atoms with E-state index >= 15 is 4.39 Å². The molecule has 1 N–H and O–H groups in total. The van der Waals surface area contributed by atoms with Crippen molar-refractivity contribution in [2.24, 2.45) is 7.05 Å². The number of thioether (sulfide) groups is 1. The van der Waals surface area contributed by atoms with Crippen molar-refractivity contribution in [2.45, 2.75) is 24.2 Å². The Balaban J connectivity index is 1.67. The fraction of sp³-hybridized carbons (Fsp3) is 0.222. The molecule has 5 aromatic rings. The number of alkyl halides is 3. The van der Waals surface area contributed by atoms with Gasteiger partial charge in [0.2, 0.25) is 0 Å². The predicted octanol–water partition coefficient (Wildman–Crippen LogP) is 5.64. The van der Waals surface area contributed by atoms with Crippen LogP contribution < -0.4 is 15.2 Å². The van der Waals surface area contributed by atoms with E-state index in [0.29, 0.717) is 5.82 Å². The zero-order chi connectivity index (χ0) is 28.6. The summed E-state index contributed by atoms with van der Waals surface area (Å²) in [6.45, 7) is -0.0899. The number of halogens is 4. The van der Waals surface area contributed by atoms with Crippen molar-refractivity contribution in [3.8, 4) is 22.6 Å². The highest BCUT2D eigenvalue weighted by Crippen LogP contribution is 2.41. The SMILES string of the molecule is COc1cc(-c2cc(C(F)(F)F)cc3c2n(C)c(=O)n3Cc2ccc(SC)cc2)cc(F)c1OCc1ncn[nH]1. The van der Waals surface area contributed by atoms with Crippen molar-refractivity contribution in [3.63, 3.8) is 0 Å². The summed E-state index contributed by atoms with van der Waals surface area (Å²) in [6, 6.07) is 11.7. The minimum Gasteiger partial charge on any atom is -0.493 e. The number of nitrogens with one attached hydrogen (secondary N) is 1. The number of benzene rings is 3. The van der Waals surface area contributed by atoms with Crippen LogP contribution in [-0.4, -0.2) is 37.7 Å². The number of hydrogen-bond acceptors (Lipinski definition) is 6. The molecule has 40 heavy (non-hydrogen) atoms. The highest BCUT2D eigenvalue weighted by molar-refractivity contribution is 7.98. The van der Waals surface area contributed by atoms with Crippen LogP contribution in [0.2, 0.25) is 0 Å². The molecule has 2 heterocycles. The van der Waals surface area contributed by atoms with Gasteiger partial charge < -0.3 is 9.47 Å². The topological polar surface area (TPSA) is 87.0 Å². The average Bonchev–Trinajstić information content (AvgIpc) is 3.54. The number of nitrogens with zero attached hydrogens (tertiary/aromatic N) is 4. The standard InChI is InChI=1S/C27H23F4N5O3S/c1-35-24-19(16-8-20(28)25(22(9-16)38-2)39-13-23-32-14-33-34-23)10-17(27(29,30)31)11-21(24)36(26(35)37)12-15-4-6-18(40-3)7-5-15/h4-11,14H,12-13H2,1-3H3,(H,32,33,34). The zero-order valence-corrected chi connectivity index (χ0v) is 22.4. The van der Waals surface area contributed by atoms with Gasteiger partial charge in [-0.3, -0.25) is 14.2 Å². The number of methoxy groups -OCH3 is 1. The van der Waals surface area contributed by atoms with E-state index in [2.05, 4.69) is 15.2 Å². The van der Waals surface area contributed by atoms with Crippen LogP contribution in [0.15, 0.2) is 64.5 Å². The third-order valence-corrected chi connectivity index (χ3v) is 7.16. The zero-order valence-electron chi connectivity index (χ0n) is 21.5. The summed E-state index contributed by atoms with van der Waals surface area (Å²) in [6.07, 6.45) is -1.52. The van der Waals surface area contributed by atoms with Gasteiger partial charge >= 0.3 is 11.9 Å². The van der Waals surface area contributed by atoms with E-state index < -0.39 is 23.2 Å². The van der Waals surface area contributed by atoms with Crippen LogP contribution in [0.4, 0.5) is 17.6 Å². The molecule has 0 atom stereocenters. The fourth-order valence-electron chi connectivity index (χ4n) is 4.46. The van der Waals surface area contributed by atoms with Gasteiger partial charge in [0, 0.05) is 17.5 Å². The number of aromatic amines is 1. The van der Waals surface area contributed by atoms with Gasteiger partial charge in [0.25, 0.3) is 0 Å². The molecule has 0 unspecified atom stereocenters. The quantitative estimate of drug-likeness (QED) is 0.191. The molecule has 5 rings (SSSR count). The molecular weight excluding hydrogens is 550 g/mol. The van der Waals surface area contributed by atoms with Crippen LogP contribution in [-0.2, 0) is 26.4 Å². The Bertz CT molecular complexity index is 1730. The molecule has 0 bridgehead atoms. The second-order valence-corrected chi connectivity index (χ2v) is 9.76. The second-order valence-electron chi connectivity index (χ2n) is 8.88. The van der Waals surface area contributed by atoms with Gasteiger partial charge in [0.1, 0.15) is 12.9 Å². The lowest BCUT2D eigenvalue weighted by Crippen LogP contribution is -2.22. The number of aryl methyl sites for hydroxylation is 1. The average molecular weight is 574 g/mol. The highest BCUT2D eigenvalue weighted by atomic mass is 32.2. The summed E-state index contributed by atoms with van der Waals surface area (Å²) in [4.78, 5) is 18.2. The molecule has 0 aliphatic rings. The smallest absolute Gasteiger partial charge is 0.416 e. The van der Waals surface area contributed by atoms with Gasteiger partial charge in [-0.25, -0.2) is 14.2 Å². The molecule has 0 aliphatic heterocycles. The maximum absolute atomic E-state index is 15.3. The van der Waals surface area contributed by atoms with E-state index in [1.165, 1.54) is 35.7 Å².